The number of benzene rings is 1. The summed E-state index contributed by atoms with van der Waals surface area (Å²) in [4.78, 5) is 0. The fourth-order valence-electron chi connectivity index (χ4n) is 2.96. The van der Waals surface area contributed by atoms with E-state index in [9.17, 15) is 0 Å². The van der Waals surface area contributed by atoms with Gasteiger partial charge in [0.25, 0.3) is 0 Å². The van der Waals surface area contributed by atoms with Gasteiger partial charge in [0.1, 0.15) is 5.75 Å². The topological polar surface area (TPSA) is 21.3 Å². The summed E-state index contributed by atoms with van der Waals surface area (Å²) in [6, 6.07) is 9.16. The molecule has 0 spiro atoms. The number of fused-ring (bicyclic) bond motifs is 1. The quantitative estimate of drug-likeness (QED) is 0.840. The van der Waals surface area contributed by atoms with Crippen molar-refractivity contribution in [2.45, 2.75) is 31.2 Å². The number of ether oxygens (including phenoxy) is 1. The minimum absolute atomic E-state index is 0.641. The first-order valence-corrected chi connectivity index (χ1v) is 6.29. The van der Waals surface area contributed by atoms with E-state index in [1.54, 1.807) is 0 Å². The highest BCUT2D eigenvalue weighted by molar-refractivity contribution is 5.39. The Labute approximate surface area is 97.0 Å². The van der Waals surface area contributed by atoms with Crippen molar-refractivity contribution in [3.05, 3.63) is 29.8 Å². The van der Waals surface area contributed by atoms with Crippen LogP contribution in [-0.4, -0.2) is 19.7 Å². The Bertz CT molecular complexity index is 373. The van der Waals surface area contributed by atoms with E-state index >= 15 is 0 Å². The second-order valence-corrected chi connectivity index (χ2v) is 4.93. The van der Waals surface area contributed by atoms with Gasteiger partial charge in [0, 0.05) is 12.0 Å². The predicted molar refractivity (Wildman–Crippen MR) is 64.9 cm³/mol. The number of rotatable bonds is 3. The van der Waals surface area contributed by atoms with Crippen molar-refractivity contribution < 1.29 is 4.74 Å². The lowest BCUT2D eigenvalue weighted by Crippen LogP contribution is -2.36. The van der Waals surface area contributed by atoms with Crippen molar-refractivity contribution in [2.24, 2.45) is 5.92 Å². The Hall–Kier alpha value is -1.02. The molecular formula is C14H19NO. The zero-order chi connectivity index (χ0) is 11.0. The summed E-state index contributed by atoms with van der Waals surface area (Å²) in [7, 11) is 2.10. The van der Waals surface area contributed by atoms with Crippen molar-refractivity contribution in [3.8, 4) is 5.75 Å². The summed E-state index contributed by atoms with van der Waals surface area (Å²) >= 11 is 0. The normalized spacial score (nSPS) is 25.7. The van der Waals surface area contributed by atoms with Crippen LogP contribution in [0.5, 0.6) is 5.75 Å². The molecule has 1 aromatic rings. The molecule has 2 unspecified atom stereocenters. The zero-order valence-electron chi connectivity index (χ0n) is 9.78. The van der Waals surface area contributed by atoms with Gasteiger partial charge in [-0.3, -0.25) is 0 Å². The molecular weight excluding hydrogens is 198 g/mol. The van der Waals surface area contributed by atoms with Crippen LogP contribution in [0.1, 0.15) is 30.7 Å². The third-order valence-corrected chi connectivity index (χ3v) is 3.90. The van der Waals surface area contributed by atoms with Gasteiger partial charge in [0.05, 0.1) is 6.61 Å². The van der Waals surface area contributed by atoms with Gasteiger partial charge in [-0.05, 0) is 43.9 Å². The van der Waals surface area contributed by atoms with Crippen LogP contribution in [0.25, 0.3) is 0 Å². The van der Waals surface area contributed by atoms with Crippen molar-refractivity contribution in [1.82, 2.24) is 5.32 Å². The average Bonchev–Trinajstić information content (AvgIpc) is 3.15. The molecule has 2 atom stereocenters. The number of para-hydroxylation sites is 1. The van der Waals surface area contributed by atoms with E-state index in [2.05, 4.69) is 36.6 Å². The molecule has 16 heavy (non-hydrogen) atoms. The van der Waals surface area contributed by atoms with Gasteiger partial charge in [0.15, 0.2) is 0 Å². The average molecular weight is 217 g/mol. The molecule has 0 amide bonds. The van der Waals surface area contributed by atoms with Crippen LogP contribution in [0, 0.1) is 5.92 Å². The summed E-state index contributed by atoms with van der Waals surface area (Å²) < 4.78 is 5.72. The molecule has 2 heteroatoms. The molecule has 1 heterocycles. The monoisotopic (exact) mass is 217 g/mol. The van der Waals surface area contributed by atoms with Gasteiger partial charge in [-0.15, -0.1) is 0 Å². The van der Waals surface area contributed by atoms with Gasteiger partial charge >= 0.3 is 0 Å². The summed E-state index contributed by atoms with van der Waals surface area (Å²) in [6.45, 7) is 0.868. The van der Waals surface area contributed by atoms with Gasteiger partial charge in [-0.25, -0.2) is 0 Å². The van der Waals surface area contributed by atoms with E-state index in [1.165, 1.54) is 18.4 Å². The molecule has 0 bridgehead atoms. The summed E-state index contributed by atoms with van der Waals surface area (Å²) in [5.74, 6) is 2.63. The number of nitrogens with one attached hydrogen (secondary N) is 1. The van der Waals surface area contributed by atoms with Gasteiger partial charge in [0.2, 0.25) is 0 Å². The molecule has 0 radical (unpaired) electrons. The first-order chi connectivity index (χ1) is 7.90. The summed E-state index contributed by atoms with van der Waals surface area (Å²) in [6.07, 6.45) is 3.94. The third kappa shape index (κ3) is 1.71. The Kier molecular flexibility index (Phi) is 2.60. The highest BCUT2D eigenvalue weighted by Gasteiger charge is 2.38. The van der Waals surface area contributed by atoms with Crippen LogP contribution in [0.3, 0.4) is 0 Å². The third-order valence-electron chi connectivity index (χ3n) is 3.90. The molecule has 1 aliphatic carbocycles. The Morgan fingerprint density at radius 3 is 2.81 bits per heavy atom. The lowest BCUT2D eigenvalue weighted by atomic mass is 9.84. The van der Waals surface area contributed by atoms with Crippen molar-refractivity contribution in [2.75, 3.05) is 13.7 Å². The maximum absolute atomic E-state index is 5.72. The molecule has 1 aromatic carbocycles. The minimum atomic E-state index is 0.641. The van der Waals surface area contributed by atoms with E-state index in [-0.39, 0.29) is 0 Å². The van der Waals surface area contributed by atoms with Crippen LogP contribution in [0.4, 0.5) is 0 Å². The van der Waals surface area contributed by atoms with Crippen LogP contribution >= 0.6 is 0 Å². The first-order valence-electron chi connectivity index (χ1n) is 6.29. The SMILES string of the molecule is CNC(C1CC1)C1CCOc2ccccc21. The molecule has 1 aliphatic heterocycles. The van der Waals surface area contributed by atoms with Crippen LogP contribution < -0.4 is 10.1 Å². The first kappa shape index (κ1) is 10.2. The van der Waals surface area contributed by atoms with Crippen molar-refractivity contribution >= 4 is 0 Å². The molecule has 86 valence electrons. The maximum Gasteiger partial charge on any atom is 0.122 e. The van der Waals surface area contributed by atoms with Crippen LogP contribution in [-0.2, 0) is 0 Å². The van der Waals surface area contributed by atoms with Gasteiger partial charge in [-0.1, -0.05) is 18.2 Å². The Morgan fingerprint density at radius 2 is 2.06 bits per heavy atom. The highest BCUT2D eigenvalue weighted by Crippen LogP contribution is 2.44. The minimum Gasteiger partial charge on any atom is -0.493 e. The molecule has 2 aliphatic rings. The van der Waals surface area contributed by atoms with Gasteiger partial charge in [-0.2, -0.15) is 0 Å². The summed E-state index contributed by atoms with van der Waals surface area (Å²) in [5.41, 5.74) is 1.40. The fraction of sp³-hybridized carbons (Fsp3) is 0.571. The summed E-state index contributed by atoms with van der Waals surface area (Å²) in [5, 5.41) is 3.52. The number of hydrogen-bond acceptors (Lipinski definition) is 2. The smallest absolute Gasteiger partial charge is 0.122 e. The van der Waals surface area contributed by atoms with E-state index in [1.807, 2.05) is 0 Å². The lowest BCUT2D eigenvalue weighted by molar-refractivity contribution is 0.241. The Morgan fingerprint density at radius 1 is 1.25 bits per heavy atom. The Balaban J connectivity index is 1.90. The predicted octanol–water partition coefficient (Wildman–Crippen LogP) is 2.55. The van der Waals surface area contributed by atoms with E-state index < -0.39 is 0 Å². The van der Waals surface area contributed by atoms with Crippen LogP contribution in [0.2, 0.25) is 0 Å². The lowest BCUT2D eigenvalue weighted by Gasteiger charge is -2.32. The second kappa shape index (κ2) is 4.10. The fourth-order valence-corrected chi connectivity index (χ4v) is 2.96. The van der Waals surface area contributed by atoms with E-state index in [0.29, 0.717) is 12.0 Å². The molecule has 1 saturated carbocycles. The molecule has 1 fully saturated rings. The second-order valence-electron chi connectivity index (χ2n) is 4.93. The largest absolute Gasteiger partial charge is 0.493 e. The van der Waals surface area contributed by atoms with E-state index in [0.717, 1.165) is 24.7 Å². The molecule has 2 nitrogen and oxygen atoms in total. The molecule has 0 saturated heterocycles. The van der Waals surface area contributed by atoms with Crippen molar-refractivity contribution in [1.29, 1.82) is 0 Å². The maximum atomic E-state index is 5.72. The van der Waals surface area contributed by atoms with Gasteiger partial charge < -0.3 is 10.1 Å². The zero-order valence-corrected chi connectivity index (χ0v) is 9.78. The standard InChI is InChI=1S/C14H19NO/c1-15-14(10-6-7-10)12-8-9-16-13-5-3-2-4-11(12)13/h2-5,10,12,14-15H,6-9H2,1H3. The molecule has 3 rings (SSSR count). The van der Waals surface area contributed by atoms with Crippen LogP contribution in [0.15, 0.2) is 24.3 Å². The molecule has 0 aromatic heterocycles. The highest BCUT2D eigenvalue weighted by atomic mass is 16.5. The van der Waals surface area contributed by atoms with Crippen molar-refractivity contribution in [3.63, 3.8) is 0 Å². The molecule has 1 N–H and O–H groups in total. The van der Waals surface area contributed by atoms with E-state index in [4.69, 9.17) is 4.74 Å². The number of likely N-dealkylation sites (N-methyl/N-ethyl adjacent to an activating group) is 1. The number of hydrogen-bond donors (Lipinski definition) is 1.